The highest BCUT2D eigenvalue weighted by Crippen LogP contribution is 2.28. The quantitative estimate of drug-likeness (QED) is 0.578. The topological polar surface area (TPSA) is 62.4 Å². The van der Waals surface area contributed by atoms with Crippen molar-refractivity contribution >= 4 is 36.4 Å². The van der Waals surface area contributed by atoms with E-state index in [2.05, 4.69) is 36.7 Å². The van der Waals surface area contributed by atoms with Crippen LogP contribution in [0, 0.1) is 18.3 Å². The Kier molecular flexibility index (Phi) is 12.1. The predicted octanol–water partition coefficient (Wildman–Crippen LogP) is 4.04. The van der Waals surface area contributed by atoms with Crippen LogP contribution in [-0.2, 0) is 4.74 Å². The lowest BCUT2D eigenvalue weighted by atomic mass is 9.79. The highest BCUT2D eigenvalue weighted by Gasteiger charge is 2.32. The first kappa shape index (κ1) is 27.0. The number of carbonyl (C=O) groups is 1. The molecule has 1 aliphatic heterocycles. The van der Waals surface area contributed by atoms with Gasteiger partial charge in [0.2, 0.25) is 0 Å². The molecule has 1 amide bonds. The third kappa shape index (κ3) is 7.11. The van der Waals surface area contributed by atoms with Gasteiger partial charge in [0.25, 0.3) is 5.91 Å². The standard InChI is InChI=1S/C21H35N3O2.2ClH/c1-15(2)17(4)24-19-8-6-7-18(16(19)3)20(25)23-13-21(14-26-5)9-11-22-12-10-21;;/h6-8,15,17,22,24H,9-14H2,1-5H3,(H,23,25);2*1H. The largest absolute Gasteiger partial charge is 0.384 e. The molecule has 0 bridgehead atoms. The Balaban J connectivity index is 0.00000364. The molecule has 5 nitrogen and oxygen atoms in total. The molecule has 0 aliphatic carbocycles. The molecule has 0 spiro atoms. The van der Waals surface area contributed by atoms with Crippen LogP contribution in [0.5, 0.6) is 0 Å². The number of halogens is 2. The molecule has 162 valence electrons. The van der Waals surface area contributed by atoms with Crippen molar-refractivity contribution in [3.05, 3.63) is 29.3 Å². The average Bonchev–Trinajstić information content (AvgIpc) is 2.62. The Morgan fingerprint density at radius 1 is 1.21 bits per heavy atom. The summed E-state index contributed by atoms with van der Waals surface area (Å²) >= 11 is 0. The van der Waals surface area contributed by atoms with E-state index in [-0.39, 0.29) is 36.1 Å². The SMILES string of the molecule is COCC1(CNC(=O)c2cccc(NC(C)C(C)C)c2C)CCNCC1.Cl.Cl. The fourth-order valence-electron chi connectivity index (χ4n) is 3.45. The van der Waals surface area contributed by atoms with Crippen molar-refractivity contribution in [3.63, 3.8) is 0 Å². The Morgan fingerprint density at radius 2 is 1.86 bits per heavy atom. The number of carbonyl (C=O) groups excluding carboxylic acids is 1. The number of hydrogen-bond donors (Lipinski definition) is 3. The van der Waals surface area contributed by atoms with Gasteiger partial charge < -0.3 is 20.7 Å². The maximum absolute atomic E-state index is 12.8. The van der Waals surface area contributed by atoms with E-state index in [9.17, 15) is 4.79 Å². The lowest BCUT2D eigenvalue weighted by molar-refractivity contribution is 0.0511. The Hall–Kier alpha value is -1.01. The molecule has 1 atom stereocenters. The van der Waals surface area contributed by atoms with Gasteiger partial charge in [-0.3, -0.25) is 4.79 Å². The van der Waals surface area contributed by atoms with E-state index >= 15 is 0 Å². The smallest absolute Gasteiger partial charge is 0.251 e. The summed E-state index contributed by atoms with van der Waals surface area (Å²) < 4.78 is 5.44. The van der Waals surface area contributed by atoms with Crippen LogP contribution >= 0.6 is 24.8 Å². The first-order chi connectivity index (χ1) is 12.4. The maximum atomic E-state index is 12.8. The van der Waals surface area contributed by atoms with Gasteiger partial charge in [0, 0.05) is 36.4 Å². The maximum Gasteiger partial charge on any atom is 0.251 e. The zero-order valence-electron chi connectivity index (χ0n) is 17.8. The summed E-state index contributed by atoms with van der Waals surface area (Å²) in [6.07, 6.45) is 2.04. The van der Waals surface area contributed by atoms with E-state index in [1.807, 2.05) is 25.1 Å². The molecular formula is C21H37Cl2N3O2. The molecular weight excluding hydrogens is 397 g/mol. The third-order valence-corrected chi connectivity index (χ3v) is 5.70. The summed E-state index contributed by atoms with van der Waals surface area (Å²) in [4.78, 5) is 12.8. The van der Waals surface area contributed by atoms with E-state index in [0.29, 0.717) is 25.1 Å². The van der Waals surface area contributed by atoms with Gasteiger partial charge in [-0.2, -0.15) is 0 Å². The molecule has 1 saturated heterocycles. The molecule has 2 rings (SSSR count). The Morgan fingerprint density at radius 3 is 2.43 bits per heavy atom. The van der Waals surface area contributed by atoms with Crippen molar-refractivity contribution in [1.82, 2.24) is 10.6 Å². The van der Waals surface area contributed by atoms with Gasteiger partial charge in [0.1, 0.15) is 0 Å². The summed E-state index contributed by atoms with van der Waals surface area (Å²) in [5, 5.41) is 10.1. The Labute approximate surface area is 182 Å². The summed E-state index contributed by atoms with van der Waals surface area (Å²) in [5.74, 6) is 0.526. The van der Waals surface area contributed by atoms with Gasteiger partial charge in [-0.15, -0.1) is 24.8 Å². The molecule has 1 unspecified atom stereocenters. The number of anilines is 1. The molecule has 3 N–H and O–H groups in total. The van der Waals surface area contributed by atoms with Crippen LogP contribution in [0.3, 0.4) is 0 Å². The number of piperidine rings is 1. The Bertz CT molecular complexity index is 600. The number of nitrogens with one attached hydrogen (secondary N) is 3. The van der Waals surface area contributed by atoms with Crippen LogP contribution in [0.1, 0.15) is 49.5 Å². The van der Waals surface area contributed by atoms with Gasteiger partial charge >= 0.3 is 0 Å². The van der Waals surface area contributed by atoms with Gasteiger partial charge in [0.05, 0.1) is 6.61 Å². The summed E-state index contributed by atoms with van der Waals surface area (Å²) in [6.45, 7) is 11.9. The minimum Gasteiger partial charge on any atom is -0.384 e. The molecule has 1 aromatic carbocycles. The molecule has 1 aromatic rings. The summed E-state index contributed by atoms with van der Waals surface area (Å²) in [5.41, 5.74) is 2.81. The molecule has 1 heterocycles. The van der Waals surface area contributed by atoms with Crippen LogP contribution in [0.4, 0.5) is 5.69 Å². The van der Waals surface area contributed by atoms with E-state index in [0.717, 1.165) is 42.7 Å². The van der Waals surface area contributed by atoms with Crippen molar-refractivity contribution in [2.24, 2.45) is 11.3 Å². The molecule has 1 aliphatic rings. The lowest BCUT2D eigenvalue weighted by Gasteiger charge is -2.37. The van der Waals surface area contributed by atoms with E-state index in [1.54, 1.807) is 7.11 Å². The summed E-state index contributed by atoms with van der Waals surface area (Å²) in [6, 6.07) is 6.25. The van der Waals surface area contributed by atoms with Gasteiger partial charge in [-0.25, -0.2) is 0 Å². The van der Waals surface area contributed by atoms with Crippen molar-refractivity contribution in [3.8, 4) is 0 Å². The molecule has 28 heavy (non-hydrogen) atoms. The second-order valence-corrected chi connectivity index (χ2v) is 8.02. The van der Waals surface area contributed by atoms with Gasteiger partial charge in [0.15, 0.2) is 0 Å². The van der Waals surface area contributed by atoms with Crippen LogP contribution in [0.2, 0.25) is 0 Å². The number of methoxy groups -OCH3 is 1. The normalized spacial score (nSPS) is 16.5. The molecule has 1 fully saturated rings. The van der Waals surface area contributed by atoms with Crippen molar-refractivity contribution < 1.29 is 9.53 Å². The van der Waals surface area contributed by atoms with Crippen LogP contribution in [-0.4, -0.2) is 45.3 Å². The van der Waals surface area contributed by atoms with E-state index in [1.165, 1.54) is 0 Å². The zero-order valence-corrected chi connectivity index (χ0v) is 19.4. The third-order valence-electron chi connectivity index (χ3n) is 5.70. The first-order valence-corrected chi connectivity index (χ1v) is 9.72. The molecule has 0 aromatic heterocycles. The molecule has 7 heteroatoms. The van der Waals surface area contributed by atoms with Crippen LogP contribution in [0.25, 0.3) is 0 Å². The fourth-order valence-corrected chi connectivity index (χ4v) is 3.45. The number of ether oxygens (including phenoxy) is 1. The van der Waals surface area contributed by atoms with Gasteiger partial charge in [-0.05, 0) is 63.4 Å². The number of benzene rings is 1. The number of rotatable bonds is 8. The average molecular weight is 434 g/mol. The second kappa shape index (κ2) is 12.5. The highest BCUT2D eigenvalue weighted by atomic mass is 35.5. The molecule has 0 radical (unpaired) electrons. The minimum atomic E-state index is -0.00244. The number of hydrogen-bond acceptors (Lipinski definition) is 4. The van der Waals surface area contributed by atoms with Crippen LogP contribution < -0.4 is 16.0 Å². The van der Waals surface area contributed by atoms with Crippen molar-refractivity contribution in [2.75, 3.05) is 38.7 Å². The first-order valence-electron chi connectivity index (χ1n) is 9.72. The fraction of sp³-hybridized carbons (Fsp3) is 0.667. The zero-order chi connectivity index (χ0) is 19.2. The molecule has 0 saturated carbocycles. The predicted molar refractivity (Wildman–Crippen MR) is 122 cm³/mol. The second-order valence-electron chi connectivity index (χ2n) is 8.02. The van der Waals surface area contributed by atoms with Gasteiger partial charge in [-0.1, -0.05) is 19.9 Å². The van der Waals surface area contributed by atoms with Crippen molar-refractivity contribution in [2.45, 2.75) is 46.6 Å². The number of amides is 1. The van der Waals surface area contributed by atoms with Crippen LogP contribution in [0.15, 0.2) is 18.2 Å². The van der Waals surface area contributed by atoms with E-state index < -0.39 is 0 Å². The minimum absolute atomic E-state index is 0. The highest BCUT2D eigenvalue weighted by molar-refractivity contribution is 5.97. The monoisotopic (exact) mass is 433 g/mol. The lowest BCUT2D eigenvalue weighted by Crippen LogP contribution is -2.47. The van der Waals surface area contributed by atoms with E-state index in [4.69, 9.17) is 4.74 Å². The summed E-state index contributed by atoms with van der Waals surface area (Å²) in [7, 11) is 1.74. The van der Waals surface area contributed by atoms with Crippen molar-refractivity contribution in [1.29, 1.82) is 0 Å².